The van der Waals surface area contributed by atoms with Gasteiger partial charge >= 0.3 is 11.9 Å². The van der Waals surface area contributed by atoms with Crippen molar-refractivity contribution in [2.24, 2.45) is 0 Å². The highest BCUT2D eigenvalue weighted by atomic mass is 16.7. The molecule has 0 unspecified atom stereocenters. The zero-order valence-electron chi connectivity index (χ0n) is 8.43. The molecule has 1 aromatic rings. The molecule has 15 heavy (non-hydrogen) atoms. The first-order valence-electron chi connectivity index (χ1n) is 4.51. The molecule has 0 aliphatic rings. The normalized spacial score (nSPS) is 9.40. The maximum atomic E-state index is 11.2. The highest BCUT2D eigenvalue weighted by molar-refractivity contribution is 5.72. The van der Waals surface area contributed by atoms with Crippen LogP contribution in [0.2, 0.25) is 0 Å². The lowest BCUT2D eigenvalue weighted by atomic mass is 10.2. The van der Waals surface area contributed by atoms with Gasteiger partial charge in [0.05, 0.1) is 6.42 Å². The van der Waals surface area contributed by atoms with Crippen LogP contribution in [0.25, 0.3) is 0 Å². The molecule has 4 nitrogen and oxygen atoms in total. The fraction of sp³-hybridized carbons (Fsp3) is 0.273. The van der Waals surface area contributed by atoms with Gasteiger partial charge < -0.3 is 9.47 Å². The zero-order chi connectivity index (χ0) is 11.1. The number of hydrogen-bond acceptors (Lipinski definition) is 4. The molecule has 0 radical (unpaired) electrons. The number of hydrogen-bond donors (Lipinski definition) is 0. The lowest BCUT2D eigenvalue weighted by Crippen LogP contribution is -2.12. The molecule has 0 aromatic heterocycles. The Morgan fingerprint density at radius 1 is 1.13 bits per heavy atom. The highest BCUT2D eigenvalue weighted by Gasteiger charge is 2.04. The molecule has 0 spiro atoms. The minimum absolute atomic E-state index is 0.183. The molecule has 0 saturated carbocycles. The topological polar surface area (TPSA) is 52.6 Å². The molecule has 4 heteroatoms. The van der Waals surface area contributed by atoms with Crippen LogP contribution < -0.4 is 0 Å². The molecular formula is C11H12O4. The van der Waals surface area contributed by atoms with Gasteiger partial charge in [0.15, 0.2) is 0 Å². The Balaban J connectivity index is 2.28. The van der Waals surface area contributed by atoms with Crippen LogP contribution in [0, 0.1) is 0 Å². The van der Waals surface area contributed by atoms with Crippen LogP contribution in [0.3, 0.4) is 0 Å². The molecule has 0 saturated heterocycles. The highest BCUT2D eigenvalue weighted by Crippen LogP contribution is 2.00. The monoisotopic (exact) mass is 208 g/mol. The predicted molar refractivity (Wildman–Crippen MR) is 52.9 cm³/mol. The molecule has 0 heterocycles. The van der Waals surface area contributed by atoms with Crippen LogP contribution in [0.5, 0.6) is 0 Å². The van der Waals surface area contributed by atoms with Crippen molar-refractivity contribution in [2.45, 2.75) is 13.3 Å². The van der Waals surface area contributed by atoms with Crippen LogP contribution >= 0.6 is 0 Å². The van der Waals surface area contributed by atoms with Crippen molar-refractivity contribution in [3.8, 4) is 0 Å². The van der Waals surface area contributed by atoms with Gasteiger partial charge in [-0.3, -0.25) is 9.59 Å². The Kier molecular flexibility index (Phi) is 4.34. The van der Waals surface area contributed by atoms with Gasteiger partial charge in [-0.15, -0.1) is 0 Å². The van der Waals surface area contributed by atoms with Gasteiger partial charge in [0.1, 0.15) is 0 Å². The minimum Gasteiger partial charge on any atom is -0.428 e. The van der Waals surface area contributed by atoms with E-state index in [1.165, 1.54) is 6.92 Å². The molecule has 0 N–H and O–H groups in total. The third-order valence-electron chi connectivity index (χ3n) is 1.67. The van der Waals surface area contributed by atoms with Crippen LogP contribution in [0.4, 0.5) is 0 Å². The fourth-order valence-electron chi connectivity index (χ4n) is 0.992. The van der Waals surface area contributed by atoms with E-state index in [1.807, 2.05) is 30.3 Å². The van der Waals surface area contributed by atoms with E-state index in [0.29, 0.717) is 0 Å². The third kappa shape index (κ3) is 4.81. The minimum atomic E-state index is -0.470. The Labute approximate surface area is 87.8 Å². The summed E-state index contributed by atoms with van der Waals surface area (Å²) in [4.78, 5) is 21.6. The van der Waals surface area contributed by atoms with E-state index in [9.17, 15) is 9.59 Å². The summed E-state index contributed by atoms with van der Waals surface area (Å²) >= 11 is 0. The predicted octanol–water partition coefficient (Wildman–Crippen LogP) is 1.29. The number of carbonyl (C=O) groups excluding carboxylic acids is 2. The summed E-state index contributed by atoms with van der Waals surface area (Å²) in [6.45, 7) is 0.937. The summed E-state index contributed by atoms with van der Waals surface area (Å²) in [5.74, 6) is -0.884. The molecule has 0 aliphatic heterocycles. The number of benzene rings is 1. The molecule has 0 amide bonds. The molecule has 1 aromatic carbocycles. The van der Waals surface area contributed by atoms with Crippen LogP contribution in [-0.2, 0) is 25.5 Å². The van der Waals surface area contributed by atoms with Crippen molar-refractivity contribution in [3.05, 3.63) is 35.9 Å². The van der Waals surface area contributed by atoms with Gasteiger partial charge in [-0.1, -0.05) is 30.3 Å². The molecule has 80 valence electrons. The van der Waals surface area contributed by atoms with Gasteiger partial charge in [-0.25, -0.2) is 0 Å². The van der Waals surface area contributed by atoms with Crippen LogP contribution in [-0.4, -0.2) is 18.7 Å². The fourth-order valence-corrected chi connectivity index (χ4v) is 0.992. The van der Waals surface area contributed by atoms with Gasteiger partial charge in [0.2, 0.25) is 6.79 Å². The molecular weight excluding hydrogens is 196 g/mol. The first-order valence-corrected chi connectivity index (χ1v) is 4.51. The largest absolute Gasteiger partial charge is 0.428 e. The second kappa shape index (κ2) is 5.80. The zero-order valence-corrected chi connectivity index (χ0v) is 8.43. The molecule has 0 aliphatic carbocycles. The Morgan fingerprint density at radius 3 is 2.40 bits per heavy atom. The molecule has 0 atom stereocenters. The first kappa shape index (κ1) is 11.2. The van der Waals surface area contributed by atoms with Crippen molar-refractivity contribution in [3.63, 3.8) is 0 Å². The average molecular weight is 208 g/mol. The second-order valence-corrected chi connectivity index (χ2v) is 2.93. The van der Waals surface area contributed by atoms with Gasteiger partial charge in [-0.05, 0) is 5.56 Å². The van der Waals surface area contributed by atoms with E-state index in [4.69, 9.17) is 0 Å². The number of esters is 2. The van der Waals surface area contributed by atoms with Crippen molar-refractivity contribution in [2.75, 3.05) is 6.79 Å². The van der Waals surface area contributed by atoms with Gasteiger partial charge in [-0.2, -0.15) is 0 Å². The van der Waals surface area contributed by atoms with E-state index in [-0.39, 0.29) is 13.2 Å². The third-order valence-corrected chi connectivity index (χ3v) is 1.67. The van der Waals surface area contributed by atoms with Gasteiger partial charge in [0, 0.05) is 6.92 Å². The van der Waals surface area contributed by atoms with E-state index in [1.54, 1.807) is 0 Å². The number of rotatable bonds is 4. The van der Waals surface area contributed by atoms with Crippen LogP contribution in [0.1, 0.15) is 12.5 Å². The molecule has 0 bridgehead atoms. The van der Waals surface area contributed by atoms with Crippen molar-refractivity contribution in [1.29, 1.82) is 0 Å². The maximum absolute atomic E-state index is 11.2. The summed E-state index contributed by atoms with van der Waals surface area (Å²) in [5.41, 5.74) is 0.866. The van der Waals surface area contributed by atoms with Crippen LogP contribution in [0.15, 0.2) is 30.3 Å². The SMILES string of the molecule is CC(=O)OCOC(=O)Cc1ccccc1. The lowest BCUT2D eigenvalue weighted by Gasteiger charge is -2.04. The number of carbonyl (C=O) groups is 2. The van der Waals surface area contributed by atoms with E-state index in [0.717, 1.165) is 5.56 Å². The Hall–Kier alpha value is -1.84. The summed E-state index contributed by atoms with van der Waals surface area (Å²) < 4.78 is 9.14. The maximum Gasteiger partial charge on any atom is 0.313 e. The quantitative estimate of drug-likeness (QED) is 0.552. The standard InChI is InChI=1S/C11H12O4/c1-9(12)14-8-15-11(13)7-10-5-3-2-4-6-10/h2-6H,7-8H2,1H3. The average Bonchev–Trinajstić information content (AvgIpc) is 2.18. The van der Waals surface area contributed by atoms with Crippen molar-refractivity contribution >= 4 is 11.9 Å². The molecule has 1 rings (SSSR count). The summed E-state index contributed by atoms with van der Waals surface area (Å²) in [6.07, 6.45) is 0.183. The summed E-state index contributed by atoms with van der Waals surface area (Å²) in [5, 5.41) is 0. The summed E-state index contributed by atoms with van der Waals surface area (Å²) in [7, 11) is 0. The second-order valence-electron chi connectivity index (χ2n) is 2.93. The Bertz CT molecular complexity index is 332. The van der Waals surface area contributed by atoms with Crippen molar-refractivity contribution in [1.82, 2.24) is 0 Å². The smallest absolute Gasteiger partial charge is 0.313 e. The van der Waals surface area contributed by atoms with E-state index in [2.05, 4.69) is 9.47 Å². The van der Waals surface area contributed by atoms with Gasteiger partial charge in [0.25, 0.3) is 0 Å². The van der Waals surface area contributed by atoms with Crippen molar-refractivity contribution < 1.29 is 19.1 Å². The Morgan fingerprint density at radius 2 is 1.80 bits per heavy atom. The van der Waals surface area contributed by atoms with E-state index < -0.39 is 11.9 Å². The lowest BCUT2D eigenvalue weighted by molar-refractivity contribution is -0.165. The number of ether oxygens (including phenoxy) is 2. The van der Waals surface area contributed by atoms with E-state index >= 15 is 0 Å². The first-order chi connectivity index (χ1) is 7.18. The summed E-state index contributed by atoms with van der Waals surface area (Å²) in [6, 6.07) is 9.21. The molecule has 0 fully saturated rings.